The van der Waals surface area contributed by atoms with Gasteiger partial charge in [0.25, 0.3) is 5.91 Å². The molecular formula is C17H24N2O5S. The summed E-state index contributed by atoms with van der Waals surface area (Å²) in [6.07, 6.45) is 0.319. The van der Waals surface area contributed by atoms with Gasteiger partial charge in [-0.05, 0) is 58.9 Å². The van der Waals surface area contributed by atoms with Crippen molar-refractivity contribution in [2.24, 2.45) is 0 Å². The number of hydrogen-bond acceptors (Lipinski definition) is 5. The van der Waals surface area contributed by atoms with Gasteiger partial charge in [-0.2, -0.15) is 0 Å². The molecule has 0 spiro atoms. The van der Waals surface area contributed by atoms with Crippen LogP contribution in [0, 0.1) is 0 Å². The summed E-state index contributed by atoms with van der Waals surface area (Å²) in [7, 11) is -3.59. The third-order valence-electron chi connectivity index (χ3n) is 2.89. The summed E-state index contributed by atoms with van der Waals surface area (Å²) >= 11 is 0. The minimum atomic E-state index is -3.59. The van der Waals surface area contributed by atoms with Crippen LogP contribution in [0.3, 0.4) is 0 Å². The Morgan fingerprint density at radius 2 is 1.64 bits per heavy atom. The zero-order valence-electron chi connectivity index (χ0n) is 15.0. The number of sulfonamides is 1. The van der Waals surface area contributed by atoms with Gasteiger partial charge in [0.1, 0.15) is 0 Å². The normalized spacial score (nSPS) is 12.4. The van der Waals surface area contributed by atoms with E-state index in [1.165, 1.54) is 37.3 Å². The average molecular weight is 368 g/mol. The molecule has 7 nitrogen and oxygen atoms in total. The number of amides is 1. The van der Waals surface area contributed by atoms with Gasteiger partial charge in [-0.3, -0.25) is 4.79 Å². The SMILES string of the molecule is CC(C)=CC(=O)O[C@H](C)C(=O)Nc1ccc(S(=O)(=O)NC(C)C)cc1. The lowest BCUT2D eigenvalue weighted by molar-refractivity contribution is -0.148. The van der Waals surface area contributed by atoms with Gasteiger partial charge < -0.3 is 10.1 Å². The van der Waals surface area contributed by atoms with Crippen LogP contribution in [0.2, 0.25) is 0 Å². The van der Waals surface area contributed by atoms with Crippen molar-refractivity contribution in [1.82, 2.24) is 4.72 Å². The van der Waals surface area contributed by atoms with Crippen molar-refractivity contribution >= 4 is 27.6 Å². The van der Waals surface area contributed by atoms with Crippen LogP contribution < -0.4 is 10.0 Å². The molecule has 2 N–H and O–H groups in total. The number of nitrogens with one attached hydrogen (secondary N) is 2. The summed E-state index contributed by atoms with van der Waals surface area (Å²) in [5.74, 6) is -1.10. The van der Waals surface area contributed by atoms with Crippen LogP contribution in [0.5, 0.6) is 0 Å². The van der Waals surface area contributed by atoms with E-state index in [0.717, 1.165) is 5.57 Å². The van der Waals surface area contributed by atoms with E-state index in [2.05, 4.69) is 10.0 Å². The van der Waals surface area contributed by atoms with Crippen molar-refractivity contribution in [3.63, 3.8) is 0 Å². The molecule has 25 heavy (non-hydrogen) atoms. The Morgan fingerprint density at radius 1 is 1.08 bits per heavy atom. The van der Waals surface area contributed by atoms with Crippen LogP contribution in [0.15, 0.2) is 40.8 Å². The molecular weight excluding hydrogens is 344 g/mol. The molecule has 0 bridgehead atoms. The highest BCUT2D eigenvalue weighted by atomic mass is 32.2. The topological polar surface area (TPSA) is 102 Å². The van der Waals surface area contributed by atoms with Crippen LogP contribution in [-0.4, -0.2) is 32.4 Å². The molecule has 8 heteroatoms. The quantitative estimate of drug-likeness (QED) is 0.567. The average Bonchev–Trinajstić information content (AvgIpc) is 2.45. The third-order valence-corrected chi connectivity index (χ3v) is 4.57. The molecule has 0 aromatic heterocycles. The van der Waals surface area contributed by atoms with Crippen molar-refractivity contribution in [3.8, 4) is 0 Å². The fourth-order valence-corrected chi connectivity index (χ4v) is 3.09. The monoisotopic (exact) mass is 368 g/mol. The molecule has 1 aromatic rings. The molecule has 0 fully saturated rings. The lowest BCUT2D eigenvalue weighted by Gasteiger charge is -2.13. The van der Waals surface area contributed by atoms with Gasteiger partial charge in [-0.25, -0.2) is 17.9 Å². The summed E-state index contributed by atoms with van der Waals surface area (Å²) in [5.41, 5.74) is 1.17. The van der Waals surface area contributed by atoms with E-state index in [1.54, 1.807) is 27.7 Å². The standard InChI is InChI=1S/C17H24N2O5S/c1-11(2)10-16(20)24-13(5)17(21)18-14-6-8-15(9-7-14)25(22,23)19-12(3)4/h6-10,12-13,19H,1-5H3,(H,18,21)/t13-/m1/s1. The lowest BCUT2D eigenvalue weighted by Crippen LogP contribution is -2.30. The number of carbonyl (C=O) groups is 2. The fourth-order valence-electron chi connectivity index (χ4n) is 1.84. The molecule has 1 atom stereocenters. The van der Waals surface area contributed by atoms with E-state index in [0.29, 0.717) is 5.69 Å². The maximum absolute atomic E-state index is 12.0. The van der Waals surface area contributed by atoms with E-state index in [1.807, 2.05) is 0 Å². The number of anilines is 1. The van der Waals surface area contributed by atoms with Crippen LogP contribution in [0.1, 0.15) is 34.6 Å². The highest BCUT2D eigenvalue weighted by Gasteiger charge is 2.18. The summed E-state index contributed by atoms with van der Waals surface area (Å²) < 4.78 is 31.5. The van der Waals surface area contributed by atoms with Crippen LogP contribution in [0.4, 0.5) is 5.69 Å². The predicted octanol–water partition coefficient (Wildman–Crippen LogP) is 2.21. The highest BCUT2D eigenvalue weighted by molar-refractivity contribution is 7.89. The van der Waals surface area contributed by atoms with Crippen LogP contribution in [-0.2, 0) is 24.3 Å². The molecule has 0 aliphatic carbocycles. The molecule has 0 aliphatic rings. The van der Waals surface area contributed by atoms with Gasteiger partial charge >= 0.3 is 5.97 Å². The third kappa shape index (κ3) is 7.06. The van der Waals surface area contributed by atoms with Crippen molar-refractivity contribution in [2.75, 3.05) is 5.32 Å². The van der Waals surface area contributed by atoms with Gasteiger partial charge in [0.2, 0.25) is 10.0 Å². The summed E-state index contributed by atoms with van der Waals surface area (Å²) in [6, 6.07) is 5.50. The molecule has 0 aliphatic heterocycles. The molecule has 1 aromatic carbocycles. The first-order valence-corrected chi connectivity index (χ1v) is 9.28. The van der Waals surface area contributed by atoms with E-state index < -0.39 is 28.0 Å². The lowest BCUT2D eigenvalue weighted by atomic mass is 10.3. The number of hydrogen-bond donors (Lipinski definition) is 2. The smallest absolute Gasteiger partial charge is 0.331 e. The Morgan fingerprint density at radius 3 is 2.12 bits per heavy atom. The first-order valence-electron chi connectivity index (χ1n) is 7.80. The zero-order valence-corrected chi connectivity index (χ0v) is 15.8. The molecule has 0 radical (unpaired) electrons. The second-order valence-electron chi connectivity index (χ2n) is 6.09. The number of benzene rings is 1. The van der Waals surface area contributed by atoms with Crippen LogP contribution in [0.25, 0.3) is 0 Å². The fraction of sp³-hybridized carbons (Fsp3) is 0.412. The number of esters is 1. The van der Waals surface area contributed by atoms with E-state index in [4.69, 9.17) is 4.74 Å². The summed E-state index contributed by atoms with van der Waals surface area (Å²) in [5, 5.41) is 2.57. The van der Waals surface area contributed by atoms with Crippen molar-refractivity contribution < 1.29 is 22.7 Å². The maximum Gasteiger partial charge on any atom is 0.331 e. The number of carbonyl (C=O) groups excluding carboxylic acids is 2. The van der Waals surface area contributed by atoms with Gasteiger partial charge in [0, 0.05) is 17.8 Å². The first-order chi connectivity index (χ1) is 11.5. The van der Waals surface area contributed by atoms with Gasteiger partial charge in [-0.15, -0.1) is 0 Å². The molecule has 0 heterocycles. The number of rotatable bonds is 7. The number of ether oxygens (including phenoxy) is 1. The van der Waals surface area contributed by atoms with Crippen molar-refractivity contribution in [2.45, 2.75) is 51.7 Å². The van der Waals surface area contributed by atoms with Crippen molar-refractivity contribution in [3.05, 3.63) is 35.9 Å². The van der Waals surface area contributed by atoms with Gasteiger partial charge in [-0.1, -0.05) is 5.57 Å². The Kier molecular flexibility index (Phi) is 7.32. The molecule has 138 valence electrons. The first kappa shape index (κ1) is 20.9. The highest BCUT2D eigenvalue weighted by Crippen LogP contribution is 2.15. The van der Waals surface area contributed by atoms with Gasteiger partial charge in [0.05, 0.1) is 4.90 Å². The minimum absolute atomic E-state index is 0.0993. The second-order valence-corrected chi connectivity index (χ2v) is 7.80. The Labute approximate surface area is 148 Å². The van der Waals surface area contributed by atoms with Crippen LogP contribution >= 0.6 is 0 Å². The minimum Gasteiger partial charge on any atom is -0.449 e. The van der Waals surface area contributed by atoms with E-state index in [-0.39, 0.29) is 10.9 Å². The number of allylic oxidation sites excluding steroid dienone is 1. The summed E-state index contributed by atoms with van der Waals surface area (Å²) in [4.78, 5) is 23.6. The van der Waals surface area contributed by atoms with Crippen molar-refractivity contribution in [1.29, 1.82) is 0 Å². The summed E-state index contributed by atoms with van der Waals surface area (Å²) in [6.45, 7) is 8.40. The molecule has 0 saturated heterocycles. The zero-order chi connectivity index (χ0) is 19.2. The largest absolute Gasteiger partial charge is 0.449 e. The van der Waals surface area contributed by atoms with Gasteiger partial charge in [0.15, 0.2) is 6.10 Å². The Bertz CT molecular complexity index is 748. The predicted molar refractivity (Wildman–Crippen MR) is 95.5 cm³/mol. The maximum atomic E-state index is 12.0. The van der Waals surface area contributed by atoms with E-state index >= 15 is 0 Å². The molecule has 0 saturated carbocycles. The molecule has 0 unspecified atom stereocenters. The van der Waals surface area contributed by atoms with E-state index in [9.17, 15) is 18.0 Å². The second kappa shape index (κ2) is 8.77. The molecule has 1 amide bonds. The Hall–Kier alpha value is -2.19. The Balaban J connectivity index is 2.73. The molecule has 1 rings (SSSR count).